The molecule has 0 atom stereocenters. The van der Waals surface area contributed by atoms with Crippen LogP contribution in [0.3, 0.4) is 0 Å². The molecule has 0 saturated carbocycles. The number of para-hydroxylation sites is 1. The Kier molecular flexibility index (Phi) is 5.15. The average Bonchev–Trinajstić information content (AvgIpc) is 3.02. The van der Waals surface area contributed by atoms with Crippen LogP contribution in [0.5, 0.6) is 5.75 Å². The molecule has 31 heavy (non-hydrogen) atoms. The maximum atomic E-state index is 13.5. The number of amides is 1. The van der Waals surface area contributed by atoms with E-state index in [9.17, 15) is 13.2 Å². The van der Waals surface area contributed by atoms with Crippen LogP contribution >= 0.6 is 0 Å². The van der Waals surface area contributed by atoms with Crippen molar-refractivity contribution in [2.24, 2.45) is 4.99 Å². The number of sulfonamides is 1. The van der Waals surface area contributed by atoms with Crippen LogP contribution in [-0.2, 0) is 10.0 Å². The molecule has 0 aromatic heterocycles. The summed E-state index contributed by atoms with van der Waals surface area (Å²) in [7, 11) is -2.68. The van der Waals surface area contributed by atoms with Crippen LogP contribution in [0.4, 0.5) is 5.69 Å². The molecule has 3 aromatic carbocycles. The van der Waals surface area contributed by atoms with E-state index < -0.39 is 15.9 Å². The lowest BCUT2D eigenvalue weighted by molar-refractivity contribution is 0.0922. The molecule has 1 heterocycles. The van der Waals surface area contributed by atoms with Crippen LogP contribution in [0.15, 0.2) is 70.6 Å². The molecular weight excluding hydrogens is 412 g/mol. The second-order valence-electron chi connectivity index (χ2n) is 7.47. The van der Waals surface area contributed by atoms with Crippen LogP contribution in [-0.4, -0.2) is 31.6 Å². The molecule has 0 unspecified atom stereocenters. The average molecular weight is 435 g/mol. The minimum Gasteiger partial charge on any atom is -0.497 e. The number of benzene rings is 3. The van der Waals surface area contributed by atoms with E-state index in [1.54, 1.807) is 30.3 Å². The summed E-state index contributed by atoms with van der Waals surface area (Å²) in [6.45, 7) is 5.67. The number of hydrogen-bond acceptors (Lipinski definition) is 5. The van der Waals surface area contributed by atoms with Crippen molar-refractivity contribution < 1.29 is 17.9 Å². The number of ether oxygens (including phenoxy) is 1. The first kappa shape index (κ1) is 20.8. The molecule has 0 bridgehead atoms. The van der Waals surface area contributed by atoms with E-state index in [1.807, 2.05) is 39.0 Å². The molecule has 0 aliphatic carbocycles. The number of fused-ring (bicyclic) bond motifs is 1. The van der Waals surface area contributed by atoms with Gasteiger partial charge in [0.15, 0.2) is 5.84 Å². The molecule has 3 aromatic rings. The van der Waals surface area contributed by atoms with E-state index in [0.717, 1.165) is 21.0 Å². The highest BCUT2D eigenvalue weighted by molar-refractivity contribution is 7.90. The smallest absolute Gasteiger partial charge is 0.274 e. The zero-order chi connectivity index (χ0) is 22.3. The van der Waals surface area contributed by atoms with Gasteiger partial charge in [0.2, 0.25) is 0 Å². The highest BCUT2D eigenvalue weighted by Crippen LogP contribution is 2.34. The Hall–Kier alpha value is -3.45. The normalized spacial score (nSPS) is 14.8. The molecule has 0 N–H and O–H groups in total. The Labute approximate surface area is 181 Å². The van der Waals surface area contributed by atoms with Gasteiger partial charge in [0.1, 0.15) is 5.75 Å². The second kappa shape index (κ2) is 7.67. The first-order valence-electron chi connectivity index (χ1n) is 9.73. The van der Waals surface area contributed by atoms with Crippen LogP contribution in [0.2, 0.25) is 0 Å². The van der Waals surface area contributed by atoms with Gasteiger partial charge in [-0.05, 0) is 62.2 Å². The van der Waals surface area contributed by atoms with E-state index in [4.69, 9.17) is 9.73 Å². The summed E-state index contributed by atoms with van der Waals surface area (Å²) in [5.41, 5.74) is 4.01. The lowest BCUT2D eigenvalue weighted by Crippen LogP contribution is -2.36. The van der Waals surface area contributed by atoms with E-state index in [0.29, 0.717) is 17.0 Å². The van der Waals surface area contributed by atoms with Crippen LogP contribution in [0.25, 0.3) is 0 Å². The first-order valence-corrected chi connectivity index (χ1v) is 11.2. The van der Waals surface area contributed by atoms with E-state index in [-0.39, 0.29) is 16.3 Å². The number of aryl methyl sites for hydroxylation is 3. The predicted molar refractivity (Wildman–Crippen MR) is 120 cm³/mol. The molecule has 1 aliphatic rings. The fourth-order valence-electron chi connectivity index (χ4n) is 3.57. The van der Waals surface area contributed by atoms with Crippen LogP contribution in [0.1, 0.15) is 32.6 Å². The third kappa shape index (κ3) is 3.51. The monoisotopic (exact) mass is 434 g/mol. The van der Waals surface area contributed by atoms with Gasteiger partial charge >= 0.3 is 0 Å². The van der Waals surface area contributed by atoms with Crippen molar-refractivity contribution in [2.75, 3.05) is 7.11 Å². The van der Waals surface area contributed by atoms with E-state index >= 15 is 0 Å². The quantitative estimate of drug-likeness (QED) is 0.604. The SMILES string of the molecule is COc1ccc2c(c1)C(=O)N(S(=O)(=O)c1ccc(C)cc1)C2=Nc1c(C)cccc1C. The third-order valence-electron chi connectivity index (χ3n) is 5.29. The maximum Gasteiger partial charge on any atom is 0.274 e. The fourth-order valence-corrected chi connectivity index (χ4v) is 4.94. The molecule has 0 saturated heterocycles. The first-order chi connectivity index (χ1) is 14.7. The molecule has 4 rings (SSSR count). The number of amidine groups is 1. The van der Waals surface area contributed by atoms with Gasteiger partial charge in [0, 0.05) is 5.56 Å². The predicted octanol–water partition coefficient (Wildman–Crippen LogP) is 4.54. The zero-order valence-corrected chi connectivity index (χ0v) is 18.5. The summed E-state index contributed by atoms with van der Waals surface area (Å²) in [6.07, 6.45) is 0. The Morgan fingerprint density at radius 3 is 2.13 bits per heavy atom. The van der Waals surface area contributed by atoms with E-state index in [2.05, 4.69) is 0 Å². The van der Waals surface area contributed by atoms with Crippen molar-refractivity contribution in [2.45, 2.75) is 25.7 Å². The van der Waals surface area contributed by atoms with Gasteiger partial charge in [-0.1, -0.05) is 35.9 Å². The summed E-state index contributed by atoms with van der Waals surface area (Å²) in [5, 5.41) is 0. The minimum atomic E-state index is -4.17. The van der Waals surface area contributed by atoms with Crippen molar-refractivity contribution >= 4 is 27.5 Å². The lowest BCUT2D eigenvalue weighted by Gasteiger charge is -2.18. The Bertz CT molecular complexity index is 1310. The van der Waals surface area contributed by atoms with Gasteiger partial charge in [-0.2, -0.15) is 4.31 Å². The molecule has 6 nitrogen and oxygen atoms in total. The molecule has 0 spiro atoms. The van der Waals surface area contributed by atoms with Gasteiger partial charge in [-0.3, -0.25) is 4.79 Å². The molecular formula is C24H22N2O4S. The Balaban J connectivity index is 1.97. The van der Waals surface area contributed by atoms with Gasteiger partial charge in [-0.25, -0.2) is 13.4 Å². The number of nitrogens with zero attached hydrogens (tertiary/aromatic N) is 2. The number of rotatable bonds is 4. The van der Waals surface area contributed by atoms with Crippen LogP contribution in [0, 0.1) is 20.8 Å². The highest BCUT2D eigenvalue weighted by Gasteiger charge is 2.43. The Morgan fingerprint density at radius 2 is 1.52 bits per heavy atom. The number of hydrogen-bond donors (Lipinski definition) is 0. The molecule has 158 valence electrons. The molecule has 1 aliphatic heterocycles. The number of carbonyl (C=O) groups is 1. The molecule has 7 heteroatoms. The summed E-state index contributed by atoms with van der Waals surface area (Å²) in [4.78, 5) is 18.1. The van der Waals surface area contributed by atoms with Crippen molar-refractivity contribution in [1.82, 2.24) is 4.31 Å². The summed E-state index contributed by atoms with van der Waals surface area (Å²) in [6, 6.07) is 17.0. The summed E-state index contributed by atoms with van der Waals surface area (Å²) in [5.74, 6) is -0.104. The Morgan fingerprint density at radius 1 is 0.871 bits per heavy atom. The molecule has 0 radical (unpaired) electrons. The second-order valence-corrected chi connectivity index (χ2v) is 9.26. The maximum absolute atomic E-state index is 13.5. The van der Waals surface area contributed by atoms with Crippen molar-refractivity contribution in [3.63, 3.8) is 0 Å². The minimum absolute atomic E-state index is 0.0282. The van der Waals surface area contributed by atoms with Gasteiger partial charge in [0.25, 0.3) is 15.9 Å². The number of carbonyl (C=O) groups excluding carboxylic acids is 1. The van der Waals surface area contributed by atoms with Gasteiger partial charge < -0.3 is 4.74 Å². The van der Waals surface area contributed by atoms with E-state index in [1.165, 1.54) is 19.2 Å². The number of methoxy groups -OCH3 is 1. The third-order valence-corrected chi connectivity index (χ3v) is 6.98. The standard InChI is InChI=1S/C24H22N2O4S/c1-15-8-11-19(12-9-15)31(28,29)26-23(25-22-16(2)6-5-7-17(22)3)20-13-10-18(30-4)14-21(20)24(26)27/h5-14H,1-4H3. The highest BCUT2D eigenvalue weighted by atomic mass is 32.2. The largest absolute Gasteiger partial charge is 0.497 e. The fraction of sp³-hybridized carbons (Fsp3) is 0.167. The molecule has 1 amide bonds. The summed E-state index contributed by atoms with van der Waals surface area (Å²) >= 11 is 0. The van der Waals surface area contributed by atoms with Gasteiger partial charge in [-0.15, -0.1) is 0 Å². The topological polar surface area (TPSA) is 76.0 Å². The zero-order valence-electron chi connectivity index (χ0n) is 17.7. The van der Waals surface area contributed by atoms with Crippen molar-refractivity contribution in [3.8, 4) is 5.75 Å². The van der Waals surface area contributed by atoms with Crippen LogP contribution < -0.4 is 4.74 Å². The number of aliphatic imine (C=N–C) groups is 1. The van der Waals surface area contributed by atoms with Crippen molar-refractivity contribution in [3.05, 3.63) is 88.5 Å². The summed E-state index contributed by atoms with van der Waals surface area (Å²) < 4.78 is 33.1. The lowest BCUT2D eigenvalue weighted by atomic mass is 10.1. The molecule has 0 fully saturated rings. The van der Waals surface area contributed by atoms with Crippen molar-refractivity contribution in [1.29, 1.82) is 0 Å². The van der Waals surface area contributed by atoms with Gasteiger partial charge in [0.05, 0.1) is 23.3 Å².